The van der Waals surface area contributed by atoms with Crippen molar-refractivity contribution >= 4 is 0 Å². The van der Waals surface area contributed by atoms with Gasteiger partial charge in [0.1, 0.15) is 0 Å². The van der Waals surface area contributed by atoms with E-state index in [1.165, 1.54) is 24.8 Å². The van der Waals surface area contributed by atoms with Gasteiger partial charge in [0.15, 0.2) is 0 Å². The summed E-state index contributed by atoms with van der Waals surface area (Å²) in [6.45, 7) is 4.60. The number of rotatable bonds is 0. The third-order valence-corrected chi connectivity index (χ3v) is 3.27. The molecule has 2 aliphatic carbocycles. The quantitative estimate of drug-likeness (QED) is 0.494. The number of hydrogen-bond acceptors (Lipinski definition) is 0. The molecule has 0 aromatic heterocycles. The predicted molar refractivity (Wildman–Crippen MR) is 48.3 cm³/mol. The van der Waals surface area contributed by atoms with E-state index in [-0.39, 0.29) is 0 Å². The Balaban J connectivity index is 2.31. The minimum Gasteiger partial charge on any atom is -0.0777 e. The Morgan fingerprint density at radius 3 is 3.18 bits per heavy atom. The highest BCUT2D eigenvalue weighted by Gasteiger charge is 2.36. The van der Waals surface area contributed by atoms with Gasteiger partial charge in [-0.25, -0.2) is 0 Å². The molecule has 0 spiro atoms. The molecular weight excluding hydrogens is 132 g/mol. The second-order valence-corrected chi connectivity index (χ2v) is 4.25. The second kappa shape index (κ2) is 2.23. The van der Waals surface area contributed by atoms with Crippen molar-refractivity contribution in [2.24, 2.45) is 11.3 Å². The number of fused-ring (bicyclic) bond motifs is 1. The maximum atomic E-state index is 2.45. The molecule has 2 atom stereocenters. The van der Waals surface area contributed by atoms with Crippen molar-refractivity contribution in [2.45, 2.75) is 33.1 Å². The minimum absolute atomic E-state index is 0.513. The van der Waals surface area contributed by atoms with Crippen LogP contribution in [0.5, 0.6) is 0 Å². The average Bonchev–Trinajstić information content (AvgIpc) is 2.31. The molecule has 0 aromatic rings. The molecule has 11 heavy (non-hydrogen) atoms. The van der Waals surface area contributed by atoms with Crippen molar-refractivity contribution in [1.82, 2.24) is 0 Å². The first-order chi connectivity index (χ1) is 5.21. The summed E-state index contributed by atoms with van der Waals surface area (Å²) in [5, 5.41) is 0. The molecule has 0 saturated heterocycles. The minimum atomic E-state index is 0.513. The van der Waals surface area contributed by atoms with Crippen molar-refractivity contribution in [3.8, 4) is 0 Å². The third-order valence-electron chi connectivity index (χ3n) is 3.27. The summed E-state index contributed by atoms with van der Waals surface area (Å²) in [5.41, 5.74) is 1.97. The van der Waals surface area contributed by atoms with E-state index in [4.69, 9.17) is 0 Å². The summed E-state index contributed by atoms with van der Waals surface area (Å²) in [6, 6.07) is 0. The van der Waals surface area contributed by atoms with E-state index in [0.29, 0.717) is 5.41 Å². The Morgan fingerprint density at radius 1 is 1.55 bits per heavy atom. The highest BCUT2D eigenvalue weighted by Crippen LogP contribution is 2.47. The lowest BCUT2D eigenvalue weighted by Gasteiger charge is -2.29. The molecule has 0 nitrogen and oxygen atoms in total. The van der Waals surface area contributed by atoms with E-state index in [2.05, 4.69) is 32.1 Å². The van der Waals surface area contributed by atoms with Crippen LogP contribution in [0.2, 0.25) is 0 Å². The molecule has 2 aliphatic rings. The van der Waals surface area contributed by atoms with Crippen molar-refractivity contribution < 1.29 is 0 Å². The Morgan fingerprint density at radius 2 is 2.36 bits per heavy atom. The fraction of sp³-hybridized carbons (Fsp3) is 0.636. The fourth-order valence-electron chi connectivity index (χ4n) is 2.39. The van der Waals surface area contributed by atoms with Crippen LogP contribution in [-0.4, -0.2) is 0 Å². The standard InChI is InChI=1S/C11H16/c1-9-5-7-11(2)6-3-4-10(11)8-9/h5,7-8,10H,3-4,6H2,1-2H3. The van der Waals surface area contributed by atoms with Gasteiger partial charge in [-0.15, -0.1) is 0 Å². The third kappa shape index (κ3) is 1.05. The van der Waals surface area contributed by atoms with Crippen LogP contribution in [-0.2, 0) is 0 Å². The molecule has 0 aromatic carbocycles. The Bertz CT molecular complexity index is 222. The van der Waals surface area contributed by atoms with E-state index < -0.39 is 0 Å². The van der Waals surface area contributed by atoms with Crippen LogP contribution in [0, 0.1) is 11.3 Å². The predicted octanol–water partition coefficient (Wildman–Crippen LogP) is 3.31. The maximum absolute atomic E-state index is 2.45. The van der Waals surface area contributed by atoms with Gasteiger partial charge < -0.3 is 0 Å². The fourth-order valence-corrected chi connectivity index (χ4v) is 2.39. The molecule has 0 heterocycles. The molecule has 0 heteroatoms. The van der Waals surface area contributed by atoms with Gasteiger partial charge >= 0.3 is 0 Å². The first kappa shape index (κ1) is 7.15. The Kier molecular flexibility index (Phi) is 1.45. The smallest absolute Gasteiger partial charge is 0.00804 e. The van der Waals surface area contributed by atoms with Gasteiger partial charge in [-0.1, -0.05) is 37.1 Å². The molecule has 0 aliphatic heterocycles. The zero-order valence-electron chi connectivity index (χ0n) is 7.43. The molecule has 0 radical (unpaired) electrons. The first-order valence-electron chi connectivity index (χ1n) is 4.58. The summed E-state index contributed by atoms with van der Waals surface area (Å²) in [4.78, 5) is 0. The van der Waals surface area contributed by atoms with Crippen LogP contribution >= 0.6 is 0 Å². The average molecular weight is 148 g/mol. The number of hydrogen-bond donors (Lipinski definition) is 0. The highest BCUT2D eigenvalue weighted by molar-refractivity contribution is 5.27. The molecular formula is C11H16. The normalized spacial score (nSPS) is 42.0. The first-order valence-corrected chi connectivity index (χ1v) is 4.58. The Hall–Kier alpha value is -0.520. The lowest BCUT2D eigenvalue weighted by Crippen LogP contribution is -2.19. The van der Waals surface area contributed by atoms with E-state index in [1.54, 1.807) is 0 Å². The van der Waals surface area contributed by atoms with Crippen molar-refractivity contribution in [1.29, 1.82) is 0 Å². The van der Waals surface area contributed by atoms with Gasteiger partial charge in [-0.05, 0) is 31.1 Å². The Labute approximate surface area is 69.0 Å². The molecule has 1 saturated carbocycles. The topological polar surface area (TPSA) is 0 Å². The van der Waals surface area contributed by atoms with E-state index in [0.717, 1.165) is 5.92 Å². The molecule has 2 unspecified atom stereocenters. The van der Waals surface area contributed by atoms with Crippen LogP contribution in [0.1, 0.15) is 33.1 Å². The molecule has 60 valence electrons. The molecule has 0 bridgehead atoms. The van der Waals surface area contributed by atoms with Gasteiger partial charge in [-0.3, -0.25) is 0 Å². The second-order valence-electron chi connectivity index (χ2n) is 4.25. The summed E-state index contributed by atoms with van der Waals surface area (Å²) < 4.78 is 0. The van der Waals surface area contributed by atoms with Gasteiger partial charge in [0.25, 0.3) is 0 Å². The SMILES string of the molecule is CC1=CC2CCCC2(C)C=C1. The maximum Gasteiger partial charge on any atom is -0.00804 e. The lowest BCUT2D eigenvalue weighted by atomic mass is 9.76. The van der Waals surface area contributed by atoms with Gasteiger partial charge in [0, 0.05) is 0 Å². The molecule has 0 N–H and O–H groups in total. The number of allylic oxidation sites excluding steroid dienone is 4. The van der Waals surface area contributed by atoms with Crippen LogP contribution in [0.4, 0.5) is 0 Å². The lowest BCUT2D eigenvalue weighted by molar-refractivity contribution is 0.358. The summed E-state index contributed by atoms with van der Waals surface area (Å²) in [6.07, 6.45) is 11.3. The summed E-state index contributed by atoms with van der Waals surface area (Å²) in [7, 11) is 0. The van der Waals surface area contributed by atoms with Gasteiger partial charge in [-0.2, -0.15) is 0 Å². The van der Waals surface area contributed by atoms with Gasteiger partial charge in [0.2, 0.25) is 0 Å². The van der Waals surface area contributed by atoms with E-state index >= 15 is 0 Å². The zero-order valence-corrected chi connectivity index (χ0v) is 7.43. The largest absolute Gasteiger partial charge is 0.0777 e. The zero-order chi connectivity index (χ0) is 7.90. The highest BCUT2D eigenvalue weighted by atomic mass is 14.4. The van der Waals surface area contributed by atoms with Crippen molar-refractivity contribution in [3.63, 3.8) is 0 Å². The molecule has 1 fully saturated rings. The van der Waals surface area contributed by atoms with E-state index in [9.17, 15) is 0 Å². The molecule has 2 rings (SSSR count). The van der Waals surface area contributed by atoms with Crippen LogP contribution in [0.15, 0.2) is 23.8 Å². The van der Waals surface area contributed by atoms with Gasteiger partial charge in [0.05, 0.1) is 0 Å². The molecule has 0 amide bonds. The monoisotopic (exact) mass is 148 g/mol. The van der Waals surface area contributed by atoms with Crippen LogP contribution in [0.3, 0.4) is 0 Å². The van der Waals surface area contributed by atoms with Crippen LogP contribution < -0.4 is 0 Å². The summed E-state index contributed by atoms with van der Waals surface area (Å²) >= 11 is 0. The summed E-state index contributed by atoms with van der Waals surface area (Å²) in [5.74, 6) is 0.840. The van der Waals surface area contributed by atoms with Crippen molar-refractivity contribution in [2.75, 3.05) is 0 Å². The van der Waals surface area contributed by atoms with Crippen LogP contribution in [0.25, 0.3) is 0 Å². The van der Waals surface area contributed by atoms with E-state index in [1.807, 2.05) is 0 Å². The van der Waals surface area contributed by atoms with Crippen molar-refractivity contribution in [3.05, 3.63) is 23.8 Å².